The Bertz CT molecular complexity index is 1150. The average molecular weight is 536 g/mol. The Morgan fingerprint density at radius 1 is 1.27 bits per heavy atom. The second-order valence-corrected chi connectivity index (χ2v) is 9.18. The van der Waals surface area contributed by atoms with Crippen LogP contribution in [0.5, 0.6) is 0 Å². The van der Waals surface area contributed by atoms with Crippen LogP contribution in [0.1, 0.15) is 11.6 Å². The van der Waals surface area contributed by atoms with Crippen molar-refractivity contribution in [3.05, 3.63) is 45.8 Å². The molecule has 0 radical (unpaired) electrons. The summed E-state index contributed by atoms with van der Waals surface area (Å²) in [6, 6.07) is 6.28. The molecule has 0 spiro atoms. The number of anilines is 1. The summed E-state index contributed by atoms with van der Waals surface area (Å²) in [5.41, 5.74) is 1.30. The van der Waals surface area contributed by atoms with Crippen LogP contribution < -0.4 is 10.2 Å². The molecule has 0 aliphatic carbocycles. The Balaban J connectivity index is 1.57. The van der Waals surface area contributed by atoms with Crippen molar-refractivity contribution in [2.24, 2.45) is 0 Å². The van der Waals surface area contributed by atoms with Crippen LogP contribution in [0, 0.1) is 0 Å². The minimum atomic E-state index is -0.745. The van der Waals surface area contributed by atoms with E-state index in [2.05, 4.69) is 41.4 Å². The van der Waals surface area contributed by atoms with Gasteiger partial charge in [0.25, 0.3) is 0 Å². The van der Waals surface area contributed by atoms with E-state index in [9.17, 15) is 9.59 Å². The molecule has 10 nitrogen and oxygen atoms in total. The number of benzene rings is 1. The molecule has 1 aliphatic rings. The maximum Gasteiger partial charge on any atom is 0.247 e. The summed E-state index contributed by atoms with van der Waals surface area (Å²) in [5.74, 6) is 0.227. The molecule has 33 heavy (non-hydrogen) atoms. The number of carbonyl (C=O) groups excluding carboxylic acids is 2. The second-order valence-electron chi connectivity index (χ2n) is 7.99. The van der Waals surface area contributed by atoms with Crippen molar-refractivity contribution in [1.29, 1.82) is 0 Å². The summed E-state index contributed by atoms with van der Waals surface area (Å²) in [7, 11) is 3.88. The molecule has 2 N–H and O–H groups in total. The third-order valence-electron chi connectivity index (χ3n) is 5.45. The number of hydrogen-bond acceptors (Lipinski definition) is 7. The molecule has 12 heteroatoms. The van der Waals surface area contributed by atoms with Crippen LogP contribution in [0.2, 0.25) is 5.02 Å². The molecule has 1 fully saturated rings. The van der Waals surface area contributed by atoms with E-state index in [4.69, 9.17) is 11.6 Å². The summed E-state index contributed by atoms with van der Waals surface area (Å²) in [6.45, 7) is 2.12. The van der Waals surface area contributed by atoms with Crippen molar-refractivity contribution in [2.75, 3.05) is 51.7 Å². The molecular formula is C21H24BrClN8O2. The Kier molecular flexibility index (Phi) is 7.11. The number of fused-ring (bicyclic) bond motifs is 1. The minimum absolute atomic E-state index is 0.0821. The third kappa shape index (κ3) is 5.10. The average Bonchev–Trinajstić information content (AvgIpc) is 3.17. The van der Waals surface area contributed by atoms with Gasteiger partial charge in [-0.05, 0) is 47.7 Å². The van der Waals surface area contributed by atoms with Gasteiger partial charge in [-0.3, -0.25) is 14.7 Å². The lowest BCUT2D eigenvalue weighted by atomic mass is 10.0. The van der Waals surface area contributed by atoms with Crippen LogP contribution in [0.3, 0.4) is 0 Å². The van der Waals surface area contributed by atoms with Crippen molar-refractivity contribution in [3.8, 4) is 0 Å². The standard InChI is InChI=1S/C21H24BrClN8O2/c1-29(2)8-7-24-21(33)17(13-3-5-14(23)6-4-13)31-10-9-30(11-15(31)32)20-16-18(22)27-28-19(16)25-12-26-20/h3-6,12,17H,7-11H2,1-2H3,(H,24,33)(H,25,26,27,28). The predicted octanol–water partition coefficient (Wildman–Crippen LogP) is 1.84. The largest absolute Gasteiger partial charge is 0.353 e. The smallest absolute Gasteiger partial charge is 0.247 e. The number of amides is 2. The van der Waals surface area contributed by atoms with E-state index in [1.54, 1.807) is 29.2 Å². The lowest BCUT2D eigenvalue weighted by Gasteiger charge is -2.39. The van der Waals surface area contributed by atoms with Crippen molar-refractivity contribution in [3.63, 3.8) is 0 Å². The molecule has 3 heterocycles. The Morgan fingerprint density at radius 3 is 2.73 bits per heavy atom. The molecule has 3 aromatic rings. The van der Waals surface area contributed by atoms with E-state index in [1.807, 2.05) is 23.9 Å². The molecule has 1 aliphatic heterocycles. The molecule has 1 aromatic carbocycles. The zero-order valence-corrected chi connectivity index (χ0v) is 20.6. The fourth-order valence-electron chi connectivity index (χ4n) is 3.81. The highest BCUT2D eigenvalue weighted by Gasteiger charge is 2.36. The van der Waals surface area contributed by atoms with E-state index in [0.29, 0.717) is 52.8 Å². The highest BCUT2D eigenvalue weighted by atomic mass is 79.9. The predicted molar refractivity (Wildman–Crippen MR) is 129 cm³/mol. The summed E-state index contributed by atoms with van der Waals surface area (Å²) < 4.78 is 0.585. The van der Waals surface area contributed by atoms with Crippen molar-refractivity contribution >= 4 is 56.2 Å². The quantitative estimate of drug-likeness (QED) is 0.475. The molecule has 1 saturated heterocycles. The Morgan fingerprint density at radius 2 is 2.03 bits per heavy atom. The highest BCUT2D eigenvalue weighted by Crippen LogP contribution is 2.31. The van der Waals surface area contributed by atoms with Crippen molar-refractivity contribution < 1.29 is 9.59 Å². The summed E-state index contributed by atoms with van der Waals surface area (Å²) >= 11 is 9.46. The van der Waals surface area contributed by atoms with E-state index >= 15 is 0 Å². The lowest BCUT2D eigenvalue weighted by Crippen LogP contribution is -2.54. The topological polar surface area (TPSA) is 110 Å². The summed E-state index contributed by atoms with van der Waals surface area (Å²) in [6.07, 6.45) is 1.44. The maximum absolute atomic E-state index is 13.3. The van der Waals surface area contributed by atoms with Crippen LogP contribution in [-0.2, 0) is 9.59 Å². The Labute approximate surface area is 204 Å². The van der Waals surface area contributed by atoms with Crippen LogP contribution >= 0.6 is 27.5 Å². The molecule has 1 atom stereocenters. The number of hydrogen-bond donors (Lipinski definition) is 2. The van der Waals surface area contributed by atoms with Gasteiger partial charge in [0, 0.05) is 31.2 Å². The number of aromatic nitrogens is 4. The molecule has 2 aromatic heterocycles. The lowest BCUT2D eigenvalue weighted by molar-refractivity contribution is -0.141. The van der Waals surface area contributed by atoms with Gasteiger partial charge >= 0.3 is 0 Å². The molecule has 1 unspecified atom stereocenters. The first-order valence-electron chi connectivity index (χ1n) is 10.4. The van der Waals surface area contributed by atoms with Gasteiger partial charge in [0.2, 0.25) is 11.8 Å². The van der Waals surface area contributed by atoms with E-state index < -0.39 is 6.04 Å². The fraction of sp³-hybridized carbons (Fsp3) is 0.381. The van der Waals surface area contributed by atoms with E-state index in [-0.39, 0.29) is 18.4 Å². The molecular weight excluding hydrogens is 512 g/mol. The number of aromatic amines is 1. The highest BCUT2D eigenvalue weighted by molar-refractivity contribution is 9.10. The molecule has 2 amide bonds. The number of carbonyl (C=O) groups is 2. The molecule has 0 bridgehead atoms. The number of nitrogens with one attached hydrogen (secondary N) is 2. The van der Waals surface area contributed by atoms with Gasteiger partial charge in [-0.25, -0.2) is 9.97 Å². The van der Waals surface area contributed by atoms with Gasteiger partial charge in [0.15, 0.2) is 5.65 Å². The number of likely N-dealkylation sites (N-methyl/N-ethyl adjacent to an activating group) is 1. The van der Waals surface area contributed by atoms with Crippen molar-refractivity contribution in [2.45, 2.75) is 6.04 Å². The monoisotopic (exact) mass is 534 g/mol. The number of halogens is 2. The SMILES string of the molecule is CN(C)CCNC(=O)C(c1ccc(Cl)cc1)N1CCN(c2ncnc3[nH]nc(Br)c23)CC1=O. The van der Waals surface area contributed by atoms with Gasteiger partial charge in [-0.2, -0.15) is 5.10 Å². The summed E-state index contributed by atoms with van der Waals surface area (Å²) in [4.78, 5) is 40.5. The van der Waals surface area contributed by atoms with Crippen LogP contribution in [0.25, 0.3) is 11.0 Å². The van der Waals surface area contributed by atoms with Gasteiger partial charge in [0.1, 0.15) is 22.8 Å². The van der Waals surface area contributed by atoms with Gasteiger partial charge in [-0.15, -0.1) is 0 Å². The van der Waals surface area contributed by atoms with Gasteiger partial charge < -0.3 is 20.0 Å². The maximum atomic E-state index is 13.3. The van der Waals surface area contributed by atoms with Gasteiger partial charge in [0.05, 0.1) is 11.9 Å². The third-order valence-corrected chi connectivity index (χ3v) is 6.28. The van der Waals surface area contributed by atoms with Gasteiger partial charge in [-0.1, -0.05) is 23.7 Å². The Hall–Kier alpha value is -2.76. The molecule has 4 rings (SSSR count). The van der Waals surface area contributed by atoms with Crippen LogP contribution in [0.4, 0.5) is 5.82 Å². The van der Waals surface area contributed by atoms with Crippen LogP contribution in [0.15, 0.2) is 35.2 Å². The normalized spacial score (nSPS) is 15.4. The second kappa shape index (κ2) is 10.0. The summed E-state index contributed by atoms with van der Waals surface area (Å²) in [5, 5.41) is 11.2. The first-order chi connectivity index (χ1) is 15.8. The fourth-order valence-corrected chi connectivity index (χ4v) is 4.39. The van der Waals surface area contributed by atoms with E-state index in [0.717, 1.165) is 5.39 Å². The van der Waals surface area contributed by atoms with E-state index in [1.165, 1.54) is 6.33 Å². The van der Waals surface area contributed by atoms with Crippen molar-refractivity contribution in [1.82, 2.24) is 35.3 Å². The number of H-pyrrole nitrogens is 1. The number of piperazine rings is 1. The molecule has 174 valence electrons. The first kappa shape index (κ1) is 23.4. The first-order valence-corrected chi connectivity index (χ1v) is 11.6. The zero-order valence-electron chi connectivity index (χ0n) is 18.3. The number of nitrogens with zero attached hydrogens (tertiary/aromatic N) is 6. The van der Waals surface area contributed by atoms with Crippen LogP contribution in [-0.4, -0.2) is 88.6 Å². The molecule has 0 saturated carbocycles. The minimum Gasteiger partial charge on any atom is -0.353 e. The zero-order chi connectivity index (χ0) is 23.5. The number of rotatable bonds is 7.